The average Bonchev–Trinajstić information content (AvgIpc) is 3.25. The van der Waals surface area contributed by atoms with Crippen LogP contribution in [0.1, 0.15) is 37.8 Å². The third-order valence-electron chi connectivity index (χ3n) is 4.91. The van der Waals surface area contributed by atoms with Gasteiger partial charge in [0.05, 0.1) is 11.2 Å². The number of aromatic nitrogens is 2. The number of aryl methyl sites for hydroxylation is 1. The van der Waals surface area contributed by atoms with Gasteiger partial charge in [-0.15, -0.1) is 12.4 Å². The van der Waals surface area contributed by atoms with Crippen LogP contribution in [-0.4, -0.2) is 40.1 Å². The number of H-pyrrole nitrogens is 1. The van der Waals surface area contributed by atoms with Crippen LogP contribution >= 0.6 is 12.4 Å². The number of hydrogen-bond acceptors (Lipinski definition) is 3. The Morgan fingerprint density at radius 2 is 1.96 bits per heavy atom. The summed E-state index contributed by atoms with van der Waals surface area (Å²) in [4.78, 5) is 14.3. The lowest BCUT2D eigenvalue weighted by Gasteiger charge is -2.28. The summed E-state index contributed by atoms with van der Waals surface area (Å²) >= 11 is 0. The number of nitrogens with zero attached hydrogens (tertiary/aromatic N) is 2. The predicted molar refractivity (Wildman–Crippen MR) is 103 cm³/mol. The molecule has 2 aromatic rings. The van der Waals surface area contributed by atoms with Gasteiger partial charge in [-0.2, -0.15) is 5.10 Å². The summed E-state index contributed by atoms with van der Waals surface area (Å²) < 4.78 is 0. The monoisotopic (exact) mass is 362 g/mol. The number of nitrogens with two attached hydrogens (primary N) is 1. The zero-order valence-electron chi connectivity index (χ0n) is 14.7. The Morgan fingerprint density at radius 1 is 1.28 bits per heavy atom. The first-order chi connectivity index (χ1) is 11.6. The van der Waals surface area contributed by atoms with Gasteiger partial charge in [0.15, 0.2) is 0 Å². The summed E-state index contributed by atoms with van der Waals surface area (Å²) in [7, 11) is 1.86. The minimum atomic E-state index is -0.622. The summed E-state index contributed by atoms with van der Waals surface area (Å²) in [5.41, 5.74) is 8.79. The number of hydrogen-bond donors (Lipinski definition) is 2. The van der Waals surface area contributed by atoms with Crippen molar-refractivity contribution in [3.05, 3.63) is 42.1 Å². The van der Waals surface area contributed by atoms with Crippen LogP contribution in [0.3, 0.4) is 0 Å². The maximum absolute atomic E-state index is 12.5. The molecule has 1 fully saturated rings. The van der Waals surface area contributed by atoms with E-state index in [2.05, 4.69) is 28.4 Å². The smallest absolute Gasteiger partial charge is 0.242 e. The average molecular weight is 363 g/mol. The molecule has 3 rings (SSSR count). The fourth-order valence-corrected chi connectivity index (χ4v) is 3.45. The Labute approximate surface area is 155 Å². The van der Waals surface area contributed by atoms with Gasteiger partial charge in [-0.25, -0.2) is 0 Å². The molecule has 0 unspecified atom stereocenters. The molecule has 25 heavy (non-hydrogen) atoms. The number of nitrogens with one attached hydrogen (secondary N) is 1. The fraction of sp³-hybridized carbons (Fsp3) is 0.474. The highest BCUT2D eigenvalue weighted by Gasteiger charge is 2.38. The number of halogens is 1. The van der Waals surface area contributed by atoms with Crippen molar-refractivity contribution in [3.8, 4) is 11.3 Å². The minimum absolute atomic E-state index is 0. The van der Waals surface area contributed by atoms with Crippen LogP contribution in [0.4, 0.5) is 0 Å². The molecule has 0 atom stereocenters. The normalized spacial score (nSPS) is 15.6. The number of carbonyl (C=O) groups is 1. The van der Waals surface area contributed by atoms with Crippen LogP contribution in [0.5, 0.6) is 0 Å². The summed E-state index contributed by atoms with van der Waals surface area (Å²) in [5, 5.41) is 7.46. The Kier molecular flexibility index (Phi) is 6.62. The van der Waals surface area contributed by atoms with Crippen molar-refractivity contribution in [2.75, 3.05) is 13.6 Å². The second-order valence-corrected chi connectivity index (χ2v) is 6.84. The number of aromatic amines is 1. The lowest BCUT2D eigenvalue weighted by Crippen LogP contribution is -2.52. The number of likely N-dealkylation sites (N-methyl/N-ethyl adjacent to an activating group) is 1. The molecule has 1 amide bonds. The zero-order valence-corrected chi connectivity index (χ0v) is 15.5. The Hall–Kier alpha value is -1.85. The van der Waals surface area contributed by atoms with E-state index in [9.17, 15) is 4.79 Å². The standard InChI is InChI=1S/C19H26N4O.ClH/c1-23(18(24)19(20)11-5-6-12-19)13-7-10-16-14-17(22-21-16)15-8-3-2-4-9-15;/h2-4,8-9,14H,5-7,10-13,20H2,1H3,(H,21,22);1H. The highest BCUT2D eigenvalue weighted by atomic mass is 35.5. The van der Waals surface area contributed by atoms with Gasteiger partial charge in [-0.05, 0) is 31.7 Å². The van der Waals surface area contributed by atoms with Crippen LogP contribution < -0.4 is 5.73 Å². The van der Waals surface area contributed by atoms with E-state index in [1.54, 1.807) is 4.90 Å². The molecular weight excluding hydrogens is 336 g/mol. The first kappa shape index (κ1) is 19.5. The van der Waals surface area contributed by atoms with E-state index in [0.29, 0.717) is 0 Å². The lowest BCUT2D eigenvalue weighted by atomic mass is 9.97. The molecule has 1 aliphatic carbocycles. The molecule has 3 N–H and O–H groups in total. The SMILES string of the molecule is CN(CCCc1cc(-c2ccccc2)n[nH]1)C(=O)C1(N)CCCC1.Cl. The first-order valence-corrected chi connectivity index (χ1v) is 8.73. The highest BCUT2D eigenvalue weighted by Crippen LogP contribution is 2.28. The van der Waals surface area contributed by atoms with Crippen LogP contribution in [0.2, 0.25) is 0 Å². The van der Waals surface area contributed by atoms with E-state index < -0.39 is 5.54 Å². The number of carbonyl (C=O) groups excluding carboxylic acids is 1. The largest absolute Gasteiger partial charge is 0.344 e. The maximum atomic E-state index is 12.5. The number of rotatable bonds is 6. The van der Waals surface area contributed by atoms with E-state index in [0.717, 1.165) is 62.0 Å². The molecule has 0 spiro atoms. The first-order valence-electron chi connectivity index (χ1n) is 8.73. The van der Waals surface area contributed by atoms with Gasteiger partial charge in [-0.3, -0.25) is 9.89 Å². The van der Waals surface area contributed by atoms with Gasteiger partial charge in [0.1, 0.15) is 0 Å². The topological polar surface area (TPSA) is 75.0 Å². The maximum Gasteiger partial charge on any atom is 0.242 e. The van der Waals surface area contributed by atoms with Crippen molar-refractivity contribution < 1.29 is 4.79 Å². The Balaban J connectivity index is 0.00000225. The summed E-state index contributed by atoms with van der Waals surface area (Å²) in [6.07, 6.45) is 5.52. The Bertz CT molecular complexity index is 680. The summed E-state index contributed by atoms with van der Waals surface area (Å²) in [6, 6.07) is 12.2. The summed E-state index contributed by atoms with van der Waals surface area (Å²) in [5.74, 6) is 0.0922. The van der Waals surface area contributed by atoms with E-state index in [-0.39, 0.29) is 18.3 Å². The van der Waals surface area contributed by atoms with Gasteiger partial charge in [-0.1, -0.05) is 43.2 Å². The predicted octanol–water partition coefficient (Wildman–Crippen LogP) is 3.16. The fourth-order valence-electron chi connectivity index (χ4n) is 3.45. The van der Waals surface area contributed by atoms with Crippen LogP contribution in [0.15, 0.2) is 36.4 Å². The second kappa shape index (κ2) is 8.50. The third-order valence-corrected chi connectivity index (χ3v) is 4.91. The van der Waals surface area contributed by atoms with Crippen molar-refractivity contribution >= 4 is 18.3 Å². The van der Waals surface area contributed by atoms with Crippen LogP contribution in [0, 0.1) is 0 Å². The van der Waals surface area contributed by atoms with Crippen molar-refractivity contribution in [3.63, 3.8) is 0 Å². The molecule has 1 saturated carbocycles. The molecule has 6 heteroatoms. The molecule has 1 aromatic heterocycles. The Morgan fingerprint density at radius 3 is 2.64 bits per heavy atom. The van der Waals surface area contributed by atoms with Gasteiger partial charge >= 0.3 is 0 Å². The van der Waals surface area contributed by atoms with Gasteiger partial charge in [0.25, 0.3) is 0 Å². The zero-order chi connectivity index (χ0) is 17.0. The molecule has 1 aliphatic rings. The highest BCUT2D eigenvalue weighted by molar-refractivity contribution is 5.86. The van der Waals surface area contributed by atoms with E-state index in [1.165, 1.54) is 0 Å². The van der Waals surface area contributed by atoms with E-state index in [1.807, 2.05) is 25.2 Å². The van der Waals surface area contributed by atoms with Crippen LogP contribution in [-0.2, 0) is 11.2 Å². The van der Waals surface area contributed by atoms with E-state index in [4.69, 9.17) is 5.73 Å². The second-order valence-electron chi connectivity index (χ2n) is 6.84. The van der Waals surface area contributed by atoms with E-state index >= 15 is 0 Å². The van der Waals surface area contributed by atoms with Crippen molar-refractivity contribution in [1.82, 2.24) is 15.1 Å². The molecule has 0 saturated heterocycles. The molecule has 0 aliphatic heterocycles. The third kappa shape index (κ3) is 4.61. The molecule has 0 bridgehead atoms. The number of amides is 1. The van der Waals surface area contributed by atoms with Crippen molar-refractivity contribution in [2.45, 2.75) is 44.1 Å². The van der Waals surface area contributed by atoms with Crippen molar-refractivity contribution in [1.29, 1.82) is 0 Å². The molecular formula is C19H27ClN4O. The molecule has 1 aromatic carbocycles. The minimum Gasteiger partial charge on any atom is -0.344 e. The molecule has 1 heterocycles. The molecule has 0 radical (unpaired) electrons. The van der Waals surface area contributed by atoms with Gasteiger partial charge in [0, 0.05) is 24.8 Å². The van der Waals surface area contributed by atoms with Crippen LogP contribution in [0.25, 0.3) is 11.3 Å². The van der Waals surface area contributed by atoms with Crippen molar-refractivity contribution in [2.24, 2.45) is 5.73 Å². The van der Waals surface area contributed by atoms with Gasteiger partial charge in [0.2, 0.25) is 5.91 Å². The molecule has 5 nitrogen and oxygen atoms in total. The van der Waals surface area contributed by atoms with Gasteiger partial charge < -0.3 is 10.6 Å². The number of benzene rings is 1. The quantitative estimate of drug-likeness (QED) is 0.828. The lowest BCUT2D eigenvalue weighted by molar-refractivity contribution is -0.135. The molecule has 136 valence electrons. The summed E-state index contributed by atoms with van der Waals surface area (Å²) in [6.45, 7) is 0.720.